The van der Waals surface area contributed by atoms with Gasteiger partial charge >= 0.3 is 0 Å². The number of quaternary nitrogens is 1. The molecule has 0 saturated heterocycles. The van der Waals surface area contributed by atoms with Gasteiger partial charge in [0.25, 0.3) is 0 Å². The van der Waals surface area contributed by atoms with E-state index in [1.165, 1.54) is 14.1 Å². The third-order valence-electron chi connectivity index (χ3n) is 4.96. The Hall–Kier alpha value is -3.24. The van der Waals surface area contributed by atoms with Gasteiger partial charge in [-0.05, 0) is 18.6 Å². The number of nitrogens with one attached hydrogen (secondary N) is 2. The predicted octanol–water partition coefficient (Wildman–Crippen LogP) is 2.96. The van der Waals surface area contributed by atoms with E-state index in [-0.39, 0.29) is 19.6 Å². The lowest BCUT2D eigenvalue weighted by atomic mass is 9.81. The van der Waals surface area contributed by atoms with E-state index in [1.807, 2.05) is 0 Å². The maximum atomic E-state index is 15.0. The number of hydrogen-bond donors (Lipinski definition) is 4. The number of carbonyl (C=O) groups is 2. The minimum absolute atomic E-state index is 0.0313. The van der Waals surface area contributed by atoms with Gasteiger partial charge in [-0.2, -0.15) is 0 Å². The van der Waals surface area contributed by atoms with Crippen molar-refractivity contribution in [1.82, 2.24) is 0 Å². The summed E-state index contributed by atoms with van der Waals surface area (Å²) in [5, 5.41) is 37.3. The molecule has 0 amide bonds. The fraction of sp³-hybridized carbons (Fsp3) is 0.333. The minimum atomic E-state index is -1.39. The first-order valence-electron chi connectivity index (χ1n) is 9.70. The molecule has 0 saturated carbocycles. The zero-order valence-electron chi connectivity index (χ0n) is 17.3. The van der Waals surface area contributed by atoms with E-state index in [2.05, 4.69) is 10.6 Å². The van der Waals surface area contributed by atoms with E-state index in [9.17, 15) is 29.4 Å². The summed E-state index contributed by atoms with van der Waals surface area (Å²) in [7, 11) is 2.72. The fourth-order valence-electron chi connectivity index (χ4n) is 3.47. The standard InChI is InChI=1S/C21H23F2N3O5/c1-4-7-24-18-14-15(19(17(23)16(18)22)25-8-9-26(2,3)31)21(30)13-11(28)6-5-10(27)12(13)20(14)29/h5-6,24-25,27-28H,4,7-9H2,1-3H3. The van der Waals surface area contributed by atoms with Gasteiger partial charge in [-0.3, -0.25) is 9.59 Å². The lowest BCUT2D eigenvalue weighted by Gasteiger charge is -2.34. The van der Waals surface area contributed by atoms with Crippen LogP contribution in [0.1, 0.15) is 45.2 Å². The quantitative estimate of drug-likeness (QED) is 0.256. The molecular weight excluding hydrogens is 412 g/mol. The number of rotatable bonds is 7. The Balaban J connectivity index is 2.27. The summed E-state index contributed by atoms with van der Waals surface area (Å²) >= 11 is 0. The van der Waals surface area contributed by atoms with Crippen molar-refractivity contribution in [2.75, 3.05) is 44.4 Å². The largest absolute Gasteiger partial charge is 0.633 e. The summed E-state index contributed by atoms with van der Waals surface area (Å²) in [6, 6.07) is 2.07. The molecule has 10 heteroatoms. The first kappa shape index (κ1) is 22.4. The molecule has 1 aliphatic carbocycles. The van der Waals surface area contributed by atoms with Gasteiger partial charge in [0, 0.05) is 6.54 Å². The van der Waals surface area contributed by atoms with Crippen molar-refractivity contribution in [2.45, 2.75) is 13.3 Å². The van der Waals surface area contributed by atoms with Crippen LogP contribution in [-0.2, 0) is 0 Å². The Morgan fingerprint density at radius 2 is 1.29 bits per heavy atom. The molecule has 0 unspecified atom stereocenters. The highest BCUT2D eigenvalue weighted by Crippen LogP contribution is 2.44. The number of fused-ring (bicyclic) bond motifs is 2. The number of anilines is 2. The van der Waals surface area contributed by atoms with Crippen molar-refractivity contribution in [2.24, 2.45) is 0 Å². The molecule has 0 bridgehead atoms. The predicted molar refractivity (Wildman–Crippen MR) is 111 cm³/mol. The molecule has 0 radical (unpaired) electrons. The number of benzene rings is 2. The third-order valence-corrected chi connectivity index (χ3v) is 4.96. The van der Waals surface area contributed by atoms with Crippen LogP contribution in [0.15, 0.2) is 12.1 Å². The SMILES string of the molecule is CCCNc1c(F)c(F)c(NCC[N+](C)(C)[O-])c2c1C(=O)c1c(O)ccc(O)c1C2=O. The summed E-state index contributed by atoms with van der Waals surface area (Å²) in [5.41, 5.74) is -2.95. The van der Waals surface area contributed by atoms with Crippen molar-refractivity contribution in [3.63, 3.8) is 0 Å². The second kappa shape index (κ2) is 8.12. The Bertz CT molecular complexity index is 1080. The Labute approximate surface area is 177 Å². The Kier molecular flexibility index (Phi) is 5.88. The van der Waals surface area contributed by atoms with E-state index < -0.39 is 73.0 Å². The molecule has 2 aromatic carbocycles. The maximum absolute atomic E-state index is 15.0. The van der Waals surface area contributed by atoms with Crippen LogP contribution in [-0.4, -0.2) is 60.2 Å². The van der Waals surface area contributed by atoms with Crippen LogP contribution < -0.4 is 10.6 Å². The van der Waals surface area contributed by atoms with Gasteiger partial charge in [-0.25, -0.2) is 8.78 Å². The molecule has 0 spiro atoms. The molecular formula is C21H23F2N3O5. The Morgan fingerprint density at radius 1 is 0.871 bits per heavy atom. The van der Waals surface area contributed by atoms with Crippen LogP contribution >= 0.6 is 0 Å². The van der Waals surface area contributed by atoms with Gasteiger partial charge < -0.3 is 30.7 Å². The molecule has 166 valence electrons. The number of carbonyl (C=O) groups excluding carboxylic acids is 2. The number of aromatic hydroxyl groups is 2. The number of ketones is 2. The van der Waals surface area contributed by atoms with Crippen molar-refractivity contribution in [3.8, 4) is 11.5 Å². The smallest absolute Gasteiger partial charge is 0.200 e. The molecule has 0 aliphatic heterocycles. The van der Waals surface area contributed by atoms with Crippen LogP contribution in [0, 0.1) is 16.8 Å². The van der Waals surface area contributed by atoms with E-state index in [0.717, 1.165) is 12.1 Å². The molecule has 3 rings (SSSR count). The summed E-state index contributed by atoms with van der Waals surface area (Å²) in [6.45, 7) is 1.83. The highest BCUT2D eigenvalue weighted by atomic mass is 19.2. The van der Waals surface area contributed by atoms with Crippen molar-refractivity contribution >= 4 is 22.9 Å². The molecule has 0 fully saturated rings. The van der Waals surface area contributed by atoms with Gasteiger partial charge in [-0.1, -0.05) is 6.92 Å². The minimum Gasteiger partial charge on any atom is -0.633 e. The molecule has 4 N–H and O–H groups in total. The second-order valence-electron chi connectivity index (χ2n) is 7.79. The van der Waals surface area contributed by atoms with Crippen molar-refractivity contribution in [1.29, 1.82) is 0 Å². The first-order chi connectivity index (χ1) is 14.5. The second-order valence-corrected chi connectivity index (χ2v) is 7.79. The summed E-state index contributed by atoms with van der Waals surface area (Å²) in [4.78, 5) is 26.5. The van der Waals surface area contributed by atoms with Crippen molar-refractivity contribution < 1.29 is 33.2 Å². The van der Waals surface area contributed by atoms with Gasteiger partial charge in [0.1, 0.15) is 11.5 Å². The first-order valence-corrected chi connectivity index (χ1v) is 9.70. The third kappa shape index (κ3) is 3.91. The van der Waals surface area contributed by atoms with Gasteiger partial charge in [0.05, 0.1) is 60.8 Å². The molecule has 8 nitrogen and oxygen atoms in total. The zero-order valence-corrected chi connectivity index (χ0v) is 17.3. The molecule has 2 aromatic rings. The highest BCUT2D eigenvalue weighted by molar-refractivity contribution is 6.33. The molecule has 1 aliphatic rings. The summed E-state index contributed by atoms with van der Waals surface area (Å²) in [5.74, 6) is -5.78. The van der Waals surface area contributed by atoms with Crippen LogP contribution in [0.25, 0.3) is 0 Å². The Morgan fingerprint density at radius 3 is 1.68 bits per heavy atom. The van der Waals surface area contributed by atoms with Crippen LogP contribution in [0.2, 0.25) is 0 Å². The summed E-state index contributed by atoms with van der Waals surface area (Å²) < 4.78 is 29.3. The number of halogens is 2. The van der Waals surface area contributed by atoms with E-state index in [4.69, 9.17) is 0 Å². The van der Waals surface area contributed by atoms with Crippen molar-refractivity contribution in [3.05, 3.63) is 51.2 Å². The number of hydrogen-bond acceptors (Lipinski definition) is 7. The zero-order chi connectivity index (χ0) is 23.1. The topological polar surface area (TPSA) is 122 Å². The number of nitrogens with zero attached hydrogens (tertiary/aromatic N) is 1. The number of phenolic OH excluding ortho intramolecular Hbond substituents is 2. The number of phenols is 2. The van der Waals surface area contributed by atoms with E-state index in [0.29, 0.717) is 6.42 Å². The normalized spacial score (nSPS) is 13.1. The molecule has 0 atom stereocenters. The summed E-state index contributed by atoms with van der Waals surface area (Å²) in [6.07, 6.45) is 0.525. The van der Waals surface area contributed by atoms with Crippen LogP contribution in [0.5, 0.6) is 11.5 Å². The van der Waals surface area contributed by atoms with Gasteiger partial charge in [0.2, 0.25) is 11.6 Å². The number of likely N-dealkylation sites (N-methyl/N-ethyl adjacent to an activating group) is 1. The molecule has 0 aromatic heterocycles. The fourth-order valence-corrected chi connectivity index (χ4v) is 3.47. The average Bonchev–Trinajstić information content (AvgIpc) is 2.69. The molecule has 0 heterocycles. The highest BCUT2D eigenvalue weighted by Gasteiger charge is 2.41. The van der Waals surface area contributed by atoms with Crippen LogP contribution in [0.4, 0.5) is 20.2 Å². The average molecular weight is 435 g/mol. The lowest BCUT2D eigenvalue weighted by Crippen LogP contribution is -2.37. The van der Waals surface area contributed by atoms with E-state index >= 15 is 4.39 Å². The van der Waals surface area contributed by atoms with Gasteiger partial charge in [-0.15, -0.1) is 0 Å². The molecule has 31 heavy (non-hydrogen) atoms. The lowest BCUT2D eigenvalue weighted by molar-refractivity contribution is -0.838. The number of hydroxylamine groups is 3. The maximum Gasteiger partial charge on any atom is 0.200 e. The monoisotopic (exact) mass is 435 g/mol. The van der Waals surface area contributed by atoms with E-state index in [1.54, 1.807) is 6.92 Å². The van der Waals surface area contributed by atoms with Crippen LogP contribution in [0.3, 0.4) is 0 Å². The van der Waals surface area contributed by atoms with Gasteiger partial charge in [0.15, 0.2) is 11.6 Å².